The Labute approximate surface area is 312 Å². The van der Waals surface area contributed by atoms with Crippen LogP contribution in [0.3, 0.4) is 0 Å². The van der Waals surface area contributed by atoms with Gasteiger partial charge < -0.3 is 39.9 Å². The van der Waals surface area contributed by atoms with E-state index in [0.29, 0.717) is 12.8 Å². The summed E-state index contributed by atoms with van der Waals surface area (Å²) in [7, 11) is -5.08. The fraction of sp³-hybridized carbons (Fsp3) is 0.947. The Kier molecular flexibility index (Phi) is 28.3. The van der Waals surface area contributed by atoms with Crippen molar-refractivity contribution in [3.63, 3.8) is 0 Å². The summed E-state index contributed by atoms with van der Waals surface area (Å²) in [6.07, 6.45) is 15.6. The molecular formula is C38H73O13P. The number of rotatable bonds is 33. The van der Waals surface area contributed by atoms with Crippen molar-refractivity contribution < 1.29 is 63.1 Å². The lowest BCUT2D eigenvalue weighted by molar-refractivity contribution is -0.220. The molecule has 0 saturated heterocycles. The quantitative estimate of drug-likeness (QED) is 0.0238. The van der Waals surface area contributed by atoms with E-state index in [1.54, 1.807) is 6.92 Å². The third kappa shape index (κ3) is 22.9. The molecule has 1 aliphatic carbocycles. The minimum atomic E-state index is -5.08. The molecule has 1 aliphatic rings. The molecule has 13 nitrogen and oxygen atoms in total. The van der Waals surface area contributed by atoms with Crippen LogP contribution in [0.5, 0.6) is 0 Å². The minimum absolute atomic E-state index is 0.0514. The molecule has 6 unspecified atom stereocenters. The molecule has 1 rings (SSSR count). The zero-order valence-corrected chi connectivity index (χ0v) is 33.0. The topological polar surface area (TPSA) is 210 Å². The summed E-state index contributed by atoms with van der Waals surface area (Å²) in [5.41, 5.74) is 0. The van der Waals surface area contributed by atoms with Crippen molar-refractivity contribution in [3.8, 4) is 0 Å². The fourth-order valence-electron chi connectivity index (χ4n) is 6.38. The van der Waals surface area contributed by atoms with E-state index in [2.05, 4.69) is 6.92 Å². The second-order valence-electron chi connectivity index (χ2n) is 14.5. The number of phosphoric acid groups is 1. The fourth-order valence-corrected chi connectivity index (χ4v) is 7.36. The Hall–Kier alpha value is -1.15. The van der Waals surface area contributed by atoms with Crippen LogP contribution in [0.2, 0.25) is 0 Å². The predicted octanol–water partition coefficient (Wildman–Crippen LogP) is 6.55. The average molecular weight is 769 g/mol. The van der Waals surface area contributed by atoms with Gasteiger partial charge in [0.05, 0.1) is 6.61 Å². The lowest BCUT2D eigenvalue weighted by atomic mass is 9.85. The smallest absolute Gasteiger partial charge is 0.462 e. The standard InChI is InChI=1S/C38H73O13P/c1-3-5-6-7-8-9-10-11-12-13-14-15-16-17-18-19-20-21-22-23-24-25-27-31(39)48-28-30(50-32(40)26-4-2)29-49-52(46,47)51-38-36(44)34(42)33(41)35(43)37(38)45/h30,33-38,41-45H,3-29H2,1-2H3,(H,46,47)/t30-,33?,34-,35?,36?,37?,38?/m1/s1. The highest BCUT2D eigenvalue weighted by atomic mass is 31.2. The molecule has 0 heterocycles. The van der Waals surface area contributed by atoms with Crippen LogP contribution in [0.25, 0.3) is 0 Å². The maximum Gasteiger partial charge on any atom is 0.472 e. The normalized spacial score (nSPS) is 23.6. The van der Waals surface area contributed by atoms with Gasteiger partial charge in [0.1, 0.15) is 43.2 Å². The molecule has 0 bridgehead atoms. The van der Waals surface area contributed by atoms with Crippen LogP contribution in [0.15, 0.2) is 0 Å². The first-order chi connectivity index (χ1) is 24.9. The van der Waals surface area contributed by atoms with Crippen LogP contribution < -0.4 is 0 Å². The Morgan fingerprint density at radius 3 is 1.31 bits per heavy atom. The van der Waals surface area contributed by atoms with Crippen LogP contribution in [0.4, 0.5) is 0 Å². The van der Waals surface area contributed by atoms with E-state index in [-0.39, 0.29) is 12.8 Å². The molecule has 0 spiro atoms. The molecule has 0 amide bonds. The highest BCUT2D eigenvalue weighted by Crippen LogP contribution is 2.47. The number of hydrogen-bond donors (Lipinski definition) is 6. The summed E-state index contributed by atoms with van der Waals surface area (Å²) in [5.74, 6) is -1.15. The molecule has 1 fully saturated rings. The van der Waals surface area contributed by atoms with Gasteiger partial charge in [-0.25, -0.2) is 4.57 Å². The minimum Gasteiger partial charge on any atom is -0.462 e. The average Bonchev–Trinajstić information content (AvgIpc) is 3.11. The molecule has 0 aromatic heterocycles. The summed E-state index contributed by atoms with van der Waals surface area (Å²) in [6.45, 7) is 2.85. The maximum absolute atomic E-state index is 12.6. The van der Waals surface area contributed by atoms with Crippen LogP contribution in [-0.4, -0.2) is 98.3 Å². The summed E-state index contributed by atoms with van der Waals surface area (Å²) < 4.78 is 32.7. The van der Waals surface area contributed by atoms with Crippen molar-refractivity contribution in [1.29, 1.82) is 0 Å². The van der Waals surface area contributed by atoms with Crippen molar-refractivity contribution in [3.05, 3.63) is 0 Å². The summed E-state index contributed by atoms with van der Waals surface area (Å²) in [4.78, 5) is 34.6. The molecule has 308 valence electrons. The number of hydrogen-bond acceptors (Lipinski definition) is 12. The van der Waals surface area contributed by atoms with Gasteiger partial charge in [-0.05, 0) is 12.8 Å². The Balaban J connectivity index is 2.15. The van der Waals surface area contributed by atoms with Gasteiger partial charge in [-0.2, -0.15) is 0 Å². The van der Waals surface area contributed by atoms with Crippen molar-refractivity contribution in [2.24, 2.45) is 0 Å². The molecule has 14 heteroatoms. The van der Waals surface area contributed by atoms with Gasteiger partial charge in [0.15, 0.2) is 6.10 Å². The van der Waals surface area contributed by atoms with E-state index in [4.69, 9.17) is 18.5 Å². The zero-order valence-electron chi connectivity index (χ0n) is 32.1. The third-order valence-electron chi connectivity index (χ3n) is 9.67. The van der Waals surface area contributed by atoms with Crippen molar-refractivity contribution >= 4 is 19.8 Å². The van der Waals surface area contributed by atoms with E-state index in [1.165, 1.54) is 116 Å². The lowest BCUT2D eigenvalue weighted by Crippen LogP contribution is -2.64. The Morgan fingerprint density at radius 1 is 0.519 bits per heavy atom. The van der Waals surface area contributed by atoms with Gasteiger partial charge in [0.2, 0.25) is 0 Å². The summed E-state index contributed by atoms with van der Waals surface area (Å²) in [5, 5.41) is 49.5. The van der Waals surface area contributed by atoms with Gasteiger partial charge in [0, 0.05) is 12.8 Å². The molecule has 0 aromatic carbocycles. The predicted molar refractivity (Wildman–Crippen MR) is 198 cm³/mol. The Bertz CT molecular complexity index is 938. The number of aliphatic hydroxyl groups excluding tert-OH is 5. The molecule has 0 radical (unpaired) electrons. The molecule has 0 aliphatic heterocycles. The number of carbonyl (C=O) groups is 2. The van der Waals surface area contributed by atoms with Crippen molar-refractivity contribution in [2.45, 2.75) is 217 Å². The van der Waals surface area contributed by atoms with Gasteiger partial charge in [-0.1, -0.05) is 149 Å². The van der Waals surface area contributed by atoms with E-state index >= 15 is 0 Å². The van der Waals surface area contributed by atoms with E-state index < -0.39 is 75.7 Å². The second-order valence-corrected chi connectivity index (χ2v) is 15.9. The van der Waals surface area contributed by atoms with E-state index in [0.717, 1.165) is 19.3 Å². The first-order valence-corrected chi connectivity index (χ1v) is 21.8. The molecule has 1 saturated carbocycles. The first-order valence-electron chi connectivity index (χ1n) is 20.3. The molecule has 6 N–H and O–H groups in total. The van der Waals surface area contributed by atoms with Gasteiger partial charge >= 0.3 is 19.8 Å². The van der Waals surface area contributed by atoms with E-state index in [9.17, 15) is 44.6 Å². The van der Waals surface area contributed by atoms with Gasteiger partial charge in [-0.3, -0.25) is 18.6 Å². The highest BCUT2D eigenvalue weighted by Gasteiger charge is 2.51. The first kappa shape index (κ1) is 48.9. The SMILES string of the molecule is CCCCCCCCCCCCCCCCCCCCCCCCC(=O)OC[C@H](COP(=O)(O)OC1C(O)C(O)C(O)[C@@H](O)C1O)OC(=O)CCC. The Morgan fingerprint density at radius 2 is 0.904 bits per heavy atom. The second kappa shape index (κ2) is 30.1. The van der Waals surface area contributed by atoms with Crippen LogP contribution in [0, 0.1) is 0 Å². The van der Waals surface area contributed by atoms with Crippen LogP contribution in [-0.2, 0) is 32.7 Å². The molecular weight excluding hydrogens is 695 g/mol. The maximum atomic E-state index is 12.6. The molecule has 52 heavy (non-hydrogen) atoms. The van der Waals surface area contributed by atoms with Crippen molar-refractivity contribution in [1.82, 2.24) is 0 Å². The number of phosphoric ester groups is 1. The van der Waals surface area contributed by atoms with Gasteiger partial charge in [-0.15, -0.1) is 0 Å². The third-order valence-corrected chi connectivity index (χ3v) is 10.7. The van der Waals surface area contributed by atoms with Crippen LogP contribution in [0.1, 0.15) is 174 Å². The van der Waals surface area contributed by atoms with Crippen LogP contribution >= 0.6 is 7.82 Å². The molecule has 0 aromatic rings. The number of aliphatic hydroxyl groups is 5. The molecule has 8 atom stereocenters. The number of ether oxygens (including phenoxy) is 2. The summed E-state index contributed by atoms with van der Waals surface area (Å²) >= 11 is 0. The van der Waals surface area contributed by atoms with Gasteiger partial charge in [0.25, 0.3) is 0 Å². The van der Waals surface area contributed by atoms with E-state index in [1.807, 2.05) is 0 Å². The zero-order chi connectivity index (χ0) is 38.6. The monoisotopic (exact) mass is 768 g/mol. The summed E-state index contributed by atoms with van der Waals surface area (Å²) in [6, 6.07) is 0. The largest absolute Gasteiger partial charge is 0.472 e. The van der Waals surface area contributed by atoms with Crippen molar-refractivity contribution in [2.75, 3.05) is 13.2 Å². The number of unbranched alkanes of at least 4 members (excludes halogenated alkanes) is 21. The highest BCUT2D eigenvalue weighted by molar-refractivity contribution is 7.47. The lowest BCUT2D eigenvalue weighted by Gasteiger charge is -2.41. The number of esters is 2. The number of carbonyl (C=O) groups excluding carboxylic acids is 2.